The number of likely N-dealkylation sites (tertiary alicyclic amines) is 1. The Balaban J connectivity index is 1.85. The molecular weight excluding hydrogens is 269 g/mol. The lowest BCUT2D eigenvalue weighted by Gasteiger charge is -2.30. The summed E-state index contributed by atoms with van der Waals surface area (Å²) in [6.45, 7) is 2.80. The third kappa shape index (κ3) is 2.69. The van der Waals surface area contributed by atoms with E-state index >= 15 is 0 Å². The number of hydrogen-bond donors (Lipinski definition) is 1. The van der Waals surface area contributed by atoms with Gasteiger partial charge in [-0.2, -0.15) is 0 Å². The Labute approximate surface area is 124 Å². The van der Waals surface area contributed by atoms with Crippen LogP contribution < -0.4 is 0 Å². The lowest BCUT2D eigenvalue weighted by Crippen LogP contribution is -2.39. The third-order valence-corrected chi connectivity index (χ3v) is 4.97. The van der Waals surface area contributed by atoms with E-state index in [2.05, 4.69) is 6.92 Å². The molecule has 3 rings (SSSR count). The molecule has 21 heavy (non-hydrogen) atoms. The van der Waals surface area contributed by atoms with E-state index in [1.54, 1.807) is 6.07 Å². The summed E-state index contributed by atoms with van der Waals surface area (Å²) < 4.78 is 13.5. The molecule has 2 fully saturated rings. The van der Waals surface area contributed by atoms with E-state index in [0.29, 0.717) is 18.9 Å². The second-order valence-corrected chi connectivity index (χ2v) is 6.40. The molecule has 1 N–H and O–H groups in total. The molecule has 4 unspecified atom stereocenters. The summed E-state index contributed by atoms with van der Waals surface area (Å²) in [6.07, 6.45) is 2.80. The highest BCUT2D eigenvalue weighted by molar-refractivity contribution is 5.80. The lowest BCUT2D eigenvalue weighted by molar-refractivity contribution is -0.139. The number of amides is 1. The molecule has 1 aromatic rings. The zero-order valence-electron chi connectivity index (χ0n) is 12.3. The number of aliphatic hydroxyl groups excluding tert-OH is 1. The van der Waals surface area contributed by atoms with Crippen LogP contribution in [0.1, 0.15) is 44.2 Å². The molecule has 1 aliphatic carbocycles. The fourth-order valence-corrected chi connectivity index (χ4v) is 3.83. The number of carbonyl (C=O) groups is 1. The van der Waals surface area contributed by atoms with Crippen LogP contribution in [0.15, 0.2) is 24.3 Å². The molecule has 1 aromatic carbocycles. The van der Waals surface area contributed by atoms with E-state index in [1.807, 2.05) is 11.0 Å². The zero-order chi connectivity index (χ0) is 15.0. The van der Waals surface area contributed by atoms with Gasteiger partial charge in [-0.1, -0.05) is 19.1 Å². The first-order chi connectivity index (χ1) is 10.1. The maximum absolute atomic E-state index is 13.5. The van der Waals surface area contributed by atoms with Gasteiger partial charge in [-0.3, -0.25) is 4.79 Å². The summed E-state index contributed by atoms with van der Waals surface area (Å²) >= 11 is 0. The van der Waals surface area contributed by atoms with Gasteiger partial charge in [-0.15, -0.1) is 0 Å². The van der Waals surface area contributed by atoms with E-state index in [9.17, 15) is 14.3 Å². The minimum atomic E-state index is -0.512. The van der Waals surface area contributed by atoms with Crippen molar-refractivity contribution in [3.63, 3.8) is 0 Å². The van der Waals surface area contributed by atoms with Crippen LogP contribution >= 0.6 is 0 Å². The minimum absolute atomic E-state index is 0.0404. The standard InChI is InChI=1S/C17H22FNO2/c1-11-8-9-19(17(21)14-6-3-7-15(14)20)16(11)12-4-2-5-13(18)10-12/h2,4-5,10-11,14-16,20H,3,6-9H2,1H3. The molecular formula is C17H22FNO2. The van der Waals surface area contributed by atoms with Crippen molar-refractivity contribution in [2.45, 2.75) is 44.8 Å². The van der Waals surface area contributed by atoms with Crippen molar-refractivity contribution in [1.29, 1.82) is 0 Å². The molecule has 2 aliphatic rings. The number of hydrogen-bond acceptors (Lipinski definition) is 2. The minimum Gasteiger partial charge on any atom is -0.392 e. The first-order valence-electron chi connectivity index (χ1n) is 7.82. The Morgan fingerprint density at radius 3 is 2.81 bits per heavy atom. The number of rotatable bonds is 2. The Bertz CT molecular complexity index is 533. The molecule has 0 spiro atoms. The summed E-state index contributed by atoms with van der Waals surface area (Å²) in [7, 11) is 0. The van der Waals surface area contributed by atoms with Gasteiger partial charge in [0.15, 0.2) is 0 Å². The first-order valence-corrected chi connectivity index (χ1v) is 7.82. The van der Waals surface area contributed by atoms with E-state index < -0.39 is 6.10 Å². The van der Waals surface area contributed by atoms with Crippen molar-refractivity contribution in [3.8, 4) is 0 Å². The molecule has 4 atom stereocenters. The fourth-order valence-electron chi connectivity index (χ4n) is 3.83. The Kier molecular flexibility index (Phi) is 3.98. The molecule has 0 radical (unpaired) electrons. The summed E-state index contributed by atoms with van der Waals surface area (Å²) in [5, 5.41) is 9.98. The van der Waals surface area contributed by atoms with Gasteiger partial charge in [0, 0.05) is 6.54 Å². The topological polar surface area (TPSA) is 40.5 Å². The summed E-state index contributed by atoms with van der Waals surface area (Å²) in [6, 6.07) is 6.47. The summed E-state index contributed by atoms with van der Waals surface area (Å²) in [5.41, 5.74) is 0.862. The van der Waals surface area contributed by atoms with Gasteiger partial charge in [-0.05, 0) is 49.3 Å². The van der Waals surface area contributed by atoms with Crippen molar-refractivity contribution >= 4 is 5.91 Å². The molecule has 1 amide bonds. The molecule has 1 heterocycles. The van der Waals surface area contributed by atoms with Crippen molar-refractivity contribution in [2.24, 2.45) is 11.8 Å². The van der Waals surface area contributed by atoms with Gasteiger partial charge >= 0.3 is 0 Å². The number of halogens is 1. The highest BCUT2D eigenvalue weighted by Gasteiger charge is 2.41. The van der Waals surface area contributed by atoms with Crippen LogP contribution in [-0.4, -0.2) is 28.6 Å². The number of nitrogens with zero attached hydrogens (tertiary/aromatic N) is 1. The average Bonchev–Trinajstić information content (AvgIpc) is 3.04. The molecule has 114 valence electrons. The van der Waals surface area contributed by atoms with E-state index in [-0.39, 0.29) is 23.7 Å². The monoisotopic (exact) mass is 291 g/mol. The van der Waals surface area contributed by atoms with Crippen LogP contribution in [0.4, 0.5) is 4.39 Å². The van der Waals surface area contributed by atoms with Crippen LogP contribution in [0.5, 0.6) is 0 Å². The largest absolute Gasteiger partial charge is 0.392 e. The number of aliphatic hydroxyl groups is 1. The second-order valence-electron chi connectivity index (χ2n) is 6.40. The van der Waals surface area contributed by atoms with Crippen molar-refractivity contribution < 1.29 is 14.3 Å². The van der Waals surface area contributed by atoms with E-state index in [4.69, 9.17) is 0 Å². The lowest BCUT2D eigenvalue weighted by atomic mass is 9.94. The fraction of sp³-hybridized carbons (Fsp3) is 0.588. The summed E-state index contributed by atoms with van der Waals surface area (Å²) in [4.78, 5) is 14.6. The number of benzene rings is 1. The van der Waals surface area contributed by atoms with Crippen LogP contribution in [0.25, 0.3) is 0 Å². The van der Waals surface area contributed by atoms with Gasteiger partial charge in [0.2, 0.25) is 5.91 Å². The van der Waals surface area contributed by atoms with Crippen molar-refractivity contribution in [2.75, 3.05) is 6.54 Å². The summed E-state index contributed by atoms with van der Waals surface area (Å²) in [5.74, 6) is -0.181. The van der Waals surface area contributed by atoms with Crippen LogP contribution in [0.2, 0.25) is 0 Å². The van der Waals surface area contributed by atoms with Crippen LogP contribution in [-0.2, 0) is 4.79 Å². The smallest absolute Gasteiger partial charge is 0.228 e. The third-order valence-electron chi connectivity index (χ3n) is 4.97. The van der Waals surface area contributed by atoms with Gasteiger partial charge in [0.05, 0.1) is 18.1 Å². The molecule has 1 saturated heterocycles. The van der Waals surface area contributed by atoms with Gasteiger partial charge < -0.3 is 10.0 Å². The predicted molar refractivity (Wildman–Crippen MR) is 78.0 cm³/mol. The van der Waals surface area contributed by atoms with E-state index in [0.717, 1.165) is 24.8 Å². The molecule has 0 bridgehead atoms. The molecule has 1 saturated carbocycles. The Hall–Kier alpha value is -1.42. The molecule has 1 aliphatic heterocycles. The predicted octanol–water partition coefficient (Wildman–Crippen LogP) is 2.90. The molecule has 3 nitrogen and oxygen atoms in total. The molecule has 4 heteroatoms. The van der Waals surface area contributed by atoms with Gasteiger partial charge in [0.25, 0.3) is 0 Å². The average molecular weight is 291 g/mol. The normalized spacial score (nSPS) is 32.6. The van der Waals surface area contributed by atoms with Crippen molar-refractivity contribution in [3.05, 3.63) is 35.6 Å². The quantitative estimate of drug-likeness (QED) is 0.910. The Morgan fingerprint density at radius 1 is 1.33 bits per heavy atom. The zero-order valence-corrected chi connectivity index (χ0v) is 12.3. The van der Waals surface area contributed by atoms with Crippen LogP contribution in [0.3, 0.4) is 0 Å². The SMILES string of the molecule is CC1CCN(C(=O)C2CCCC2O)C1c1cccc(F)c1. The maximum atomic E-state index is 13.5. The van der Waals surface area contributed by atoms with E-state index in [1.165, 1.54) is 12.1 Å². The highest BCUT2D eigenvalue weighted by Crippen LogP contribution is 2.40. The number of carbonyl (C=O) groups excluding carboxylic acids is 1. The highest BCUT2D eigenvalue weighted by atomic mass is 19.1. The van der Waals surface area contributed by atoms with Gasteiger partial charge in [-0.25, -0.2) is 4.39 Å². The van der Waals surface area contributed by atoms with Crippen LogP contribution in [0, 0.1) is 17.7 Å². The maximum Gasteiger partial charge on any atom is 0.228 e. The molecule has 0 aromatic heterocycles. The Morgan fingerprint density at radius 2 is 2.14 bits per heavy atom. The van der Waals surface area contributed by atoms with Gasteiger partial charge in [0.1, 0.15) is 5.82 Å². The first kappa shape index (κ1) is 14.5. The second kappa shape index (κ2) is 5.76. The van der Waals surface area contributed by atoms with Crippen molar-refractivity contribution in [1.82, 2.24) is 4.90 Å².